The fourth-order valence-electron chi connectivity index (χ4n) is 3.46. The van der Waals surface area contributed by atoms with Gasteiger partial charge in [0.25, 0.3) is 0 Å². The first-order valence-electron chi connectivity index (χ1n) is 10.1. The van der Waals surface area contributed by atoms with Crippen LogP contribution in [0, 0.1) is 5.92 Å². The lowest BCUT2D eigenvalue weighted by Crippen LogP contribution is -2.49. The third-order valence-electron chi connectivity index (χ3n) is 4.81. The molecule has 0 bridgehead atoms. The van der Waals surface area contributed by atoms with Crippen LogP contribution in [-0.4, -0.2) is 61.8 Å². The van der Waals surface area contributed by atoms with E-state index in [1.54, 1.807) is 13.2 Å². The van der Waals surface area contributed by atoms with E-state index in [-0.39, 0.29) is 5.75 Å². The highest BCUT2D eigenvalue weighted by atomic mass is 16.5. The summed E-state index contributed by atoms with van der Waals surface area (Å²) in [4.78, 5) is 7.29. The number of nitrogens with one attached hydrogen (secondary N) is 2. The number of methoxy groups -OCH3 is 1. The third-order valence-corrected chi connectivity index (χ3v) is 4.81. The Morgan fingerprint density at radius 2 is 2.07 bits per heavy atom. The Balaban J connectivity index is 1.84. The van der Waals surface area contributed by atoms with Gasteiger partial charge in [-0.3, -0.25) is 4.99 Å². The smallest absolute Gasteiger partial charge is 0.191 e. The molecule has 152 valence electrons. The van der Waals surface area contributed by atoms with E-state index >= 15 is 0 Å². The molecule has 1 aromatic rings. The number of hydrogen-bond acceptors (Lipinski definition) is 4. The number of piperidine rings is 1. The third kappa shape index (κ3) is 7.29. The van der Waals surface area contributed by atoms with Crippen molar-refractivity contribution in [1.29, 1.82) is 0 Å². The number of benzene rings is 1. The molecule has 0 aliphatic carbocycles. The first kappa shape index (κ1) is 21.4. The van der Waals surface area contributed by atoms with Crippen molar-refractivity contribution in [2.24, 2.45) is 10.9 Å². The van der Waals surface area contributed by atoms with Crippen LogP contribution in [0.3, 0.4) is 0 Å². The van der Waals surface area contributed by atoms with Crippen LogP contribution in [0.5, 0.6) is 11.5 Å². The summed E-state index contributed by atoms with van der Waals surface area (Å²) in [5.74, 6) is 2.30. The van der Waals surface area contributed by atoms with Gasteiger partial charge in [0.05, 0.1) is 7.11 Å². The maximum absolute atomic E-state index is 9.69. The molecule has 1 aliphatic heterocycles. The average molecular weight is 377 g/mol. The molecule has 0 atom stereocenters. The maximum atomic E-state index is 9.69. The Bertz CT molecular complexity index is 596. The lowest BCUT2D eigenvalue weighted by Gasteiger charge is -2.34. The zero-order chi connectivity index (χ0) is 19.6. The highest BCUT2D eigenvalue weighted by Gasteiger charge is 2.20. The maximum Gasteiger partial charge on any atom is 0.191 e. The normalized spacial score (nSPS) is 16.6. The van der Waals surface area contributed by atoms with Gasteiger partial charge >= 0.3 is 0 Å². The molecule has 0 saturated carbocycles. The predicted octanol–water partition coefficient (Wildman–Crippen LogP) is 2.62. The second-order valence-electron chi connectivity index (χ2n) is 7.63. The van der Waals surface area contributed by atoms with Gasteiger partial charge in [0, 0.05) is 38.8 Å². The number of aromatic hydroxyl groups is 1. The van der Waals surface area contributed by atoms with E-state index in [0.717, 1.165) is 56.3 Å². The standard InChI is InChI=1S/C21H36N4O2/c1-5-22-21(24-18-9-12-25(13-10-18)15-16(2)3)23-11-8-17-6-7-19(26)20(14-17)27-4/h6-7,14,16,18,26H,5,8-13,15H2,1-4H3,(H2,22,23,24). The van der Waals surface area contributed by atoms with Crippen molar-refractivity contribution in [2.45, 2.75) is 46.1 Å². The van der Waals surface area contributed by atoms with Crippen molar-refractivity contribution in [2.75, 3.05) is 39.8 Å². The number of likely N-dealkylation sites (tertiary alicyclic amines) is 1. The summed E-state index contributed by atoms with van der Waals surface area (Å²) in [7, 11) is 1.57. The molecular weight excluding hydrogens is 340 g/mol. The predicted molar refractivity (Wildman–Crippen MR) is 112 cm³/mol. The first-order valence-corrected chi connectivity index (χ1v) is 10.1. The molecule has 1 aliphatic rings. The van der Waals surface area contributed by atoms with Gasteiger partial charge in [-0.25, -0.2) is 0 Å². The Hall–Kier alpha value is -1.95. The number of nitrogens with zero attached hydrogens (tertiary/aromatic N) is 2. The second-order valence-corrected chi connectivity index (χ2v) is 7.63. The summed E-state index contributed by atoms with van der Waals surface area (Å²) in [6.07, 6.45) is 3.12. The highest BCUT2D eigenvalue weighted by molar-refractivity contribution is 5.80. The molecule has 6 nitrogen and oxygen atoms in total. The molecule has 2 rings (SSSR count). The number of phenols is 1. The lowest BCUT2D eigenvalue weighted by molar-refractivity contribution is 0.187. The summed E-state index contributed by atoms with van der Waals surface area (Å²) in [6.45, 7) is 11.7. The van der Waals surface area contributed by atoms with Crippen LogP contribution < -0.4 is 15.4 Å². The van der Waals surface area contributed by atoms with E-state index in [1.165, 1.54) is 6.54 Å². The highest BCUT2D eigenvalue weighted by Crippen LogP contribution is 2.26. The molecule has 6 heteroatoms. The van der Waals surface area contributed by atoms with Gasteiger partial charge < -0.3 is 25.4 Å². The zero-order valence-electron chi connectivity index (χ0n) is 17.3. The van der Waals surface area contributed by atoms with E-state index in [2.05, 4.69) is 36.3 Å². The van der Waals surface area contributed by atoms with E-state index in [1.807, 2.05) is 12.1 Å². The topological polar surface area (TPSA) is 69.1 Å². The van der Waals surface area contributed by atoms with Gasteiger partial charge in [-0.05, 0) is 49.8 Å². The van der Waals surface area contributed by atoms with Crippen molar-refractivity contribution in [1.82, 2.24) is 15.5 Å². The molecule has 1 saturated heterocycles. The molecule has 0 unspecified atom stereocenters. The van der Waals surface area contributed by atoms with Crippen LogP contribution in [0.2, 0.25) is 0 Å². The quantitative estimate of drug-likeness (QED) is 0.481. The van der Waals surface area contributed by atoms with Gasteiger partial charge in [-0.15, -0.1) is 0 Å². The Kier molecular flexibility index (Phi) is 8.72. The van der Waals surface area contributed by atoms with E-state index in [9.17, 15) is 5.11 Å². The summed E-state index contributed by atoms with van der Waals surface area (Å²) in [6, 6.07) is 5.94. The minimum atomic E-state index is 0.170. The van der Waals surface area contributed by atoms with E-state index < -0.39 is 0 Å². The molecule has 0 amide bonds. The lowest BCUT2D eigenvalue weighted by atomic mass is 10.0. The molecule has 0 aromatic heterocycles. The Morgan fingerprint density at radius 3 is 2.70 bits per heavy atom. The second kappa shape index (κ2) is 11.0. The minimum absolute atomic E-state index is 0.170. The van der Waals surface area contributed by atoms with Gasteiger partial charge in [0.2, 0.25) is 0 Å². The monoisotopic (exact) mass is 376 g/mol. The molecule has 27 heavy (non-hydrogen) atoms. The molecule has 1 heterocycles. The number of ether oxygens (including phenoxy) is 1. The molecular formula is C21H36N4O2. The van der Waals surface area contributed by atoms with Crippen molar-refractivity contribution >= 4 is 5.96 Å². The van der Waals surface area contributed by atoms with Crippen LogP contribution in [0.25, 0.3) is 0 Å². The number of rotatable bonds is 8. The van der Waals surface area contributed by atoms with Crippen molar-refractivity contribution in [3.63, 3.8) is 0 Å². The van der Waals surface area contributed by atoms with Crippen molar-refractivity contribution in [3.05, 3.63) is 23.8 Å². The van der Waals surface area contributed by atoms with Gasteiger partial charge in [0.15, 0.2) is 17.5 Å². The Morgan fingerprint density at radius 1 is 1.33 bits per heavy atom. The number of phenolic OH excluding ortho intramolecular Hbond substituents is 1. The Labute approximate surface area is 164 Å². The van der Waals surface area contributed by atoms with Crippen LogP contribution in [0.15, 0.2) is 23.2 Å². The number of guanidine groups is 1. The van der Waals surface area contributed by atoms with Gasteiger partial charge in [0.1, 0.15) is 0 Å². The molecule has 1 fully saturated rings. The van der Waals surface area contributed by atoms with E-state index in [0.29, 0.717) is 18.3 Å². The van der Waals surface area contributed by atoms with Crippen LogP contribution >= 0.6 is 0 Å². The molecule has 0 radical (unpaired) electrons. The largest absolute Gasteiger partial charge is 0.504 e. The fourth-order valence-corrected chi connectivity index (χ4v) is 3.46. The minimum Gasteiger partial charge on any atom is -0.504 e. The summed E-state index contributed by atoms with van der Waals surface area (Å²) < 4.78 is 5.17. The molecule has 0 spiro atoms. The van der Waals surface area contributed by atoms with Crippen LogP contribution in [0.1, 0.15) is 39.2 Å². The van der Waals surface area contributed by atoms with Gasteiger partial charge in [-0.1, -0.05) is 19.9 Å². The van der Waals surface area contributed by atoms with Crippen LogP contribution in [0.4, 0.5) is 0 Å². The molecule has 1 aromatic carbocycles. The van der Waals surface area contributed by atoms with Crippen LogP contribution in [-0.2, 0) is 6.42 Å². The van der Waals surface area contributed by atoms with E-state index in [4.69, 9.17) is 9.73 Å². The van der Waals surface area contributed by atoms with Crippen molar-refractivity contribution < 1.29 is 9.84 Å². The zero-order valence-corrected chi connectivity index (χ0v) is 17.3. The first-order chi connectivity index (χ1) is 13.0. The average Bonchev–Trinajstić information content (AvgIpc) is 2.64. The summed E-state index contributed by atoms with van der Waals surface area (Å²) in [5.41, 5.74) is 1.10. The summed E-state index contributed by atoms with van der Waals surface area (Å²) in [5, 5.41) is 16.6. The summed E-state index contributed by atoms with van der Waals surface area (Å²) >= 11 is 0. The number of hydrogen-bond donors (Lipinski definition) is 3. The fraction of sp³-hybridized carbons (Fsp3) is 0.667. The SMILES string of the molecule is CCNC(=NCCc1ccc(O)c(OC)c1)NC1CCN(CC(C)C)CC1. The molecule has 3 N–H and O–H groups in total. The van der Waals surface area contributed by atoms with Gasteiger partial charge in [-0.2, -0.15) is 0 Å². The van der Waals surface area contributed by atoms with Crippen molar-refractivity contribution in [3.8, 4) is 11.5 Å². The number of aliphatic imine (C=N–C) groups is 1.